The minimum atomic E-state index is -0.816. The van der Waals surface area contributed by atoms with E-state index in [2.05, 4.69) is 16.4 Å². The third kappa shape index (κ3) is 6.38. The summed E-state index contributed by atoms with van der Waals surface area (Å²) < 4.78 is 10.4. The zero-order valence-electron chi connectivity index (χ0n) is 15.4. The van der Waals surface area contributed by atoms with Gasteiger partial charge >= 0.3 is 0 Å². The predicted molar refractivity (Wildman–Crippen MR) is 116 cm³/mol. The van der Waals surface area contributed by atoms with Crippen LogP contribution in [0.15, 0.2) is 41.4 Å². The molecule has 0 heterocycles. The second-order valence-electron chi connectivity index (χ2n) is 5.89. The average Bonchev–Trinajstić information content (AvgIpc) is 2.58. The highest BCUT2D eigenvalue weighted by atomic mass is 127. The summed E-state index contributed by atoms with van der Waals surface area (Å²) in [5.41, 5.74) is 9.72. The van der Waals surface area contributed by atoms with Crippen LogP contribution in [0, 0.1) is 13.8 Å². The Kier molecular flexibility index (Phi) is 8.67. The molecule has 0 aliphatic heterocycles. The summed E-state index contributed by atoms with van der Waals surface area (Å²) in [6.45, 7) is 4.16. The van der Waals surface area contributed by atoms with Crippen LogP contribution in [0.3, 0.4) is 0 Å². The molecule has 7 heteroatoms. The van der Waals surface area contributed by atoms with Crippen molar-refractivity contribution < 1.29 is 14.6 Å². The van der Waals surface area contributed by atoms with Gasteiger partial charge < -0.3 is 25.6 Å². The van der Waals surface area contributed by atoms with Gasteiger partial charge in [0, 0.05) is 11.8 Å². The van der Waals surface area contributed by atoms with E-state index in [1.807, 2.05) is 26.0 Å². The van der Waals surface area contributed by atoms with Gasteiger partial charge in [0.05, 0.1) is 26.9 Å². The Morgan fingerprint density at radius 3 is 2.08 bits per heavy atom. The van der Waals surface area contributed by atoms with Crippen LogP contribution in [0.25, 0.3) is 0 Å². The Hall–Kier alpha value is -2.00. The molecule has 142 valence electrons. The van der Waals surface area contributed by atoms with Crippen LogP contribution in [0.2, 0.25) is 0 Å². The van der Waals surface area contributed by atoms with Gasteiger partial charge in [-0.05, 0) is 54.8 Å². The number of halogens is 1. The number of aliphatic hydroxyl groups is 1. The van der Waals surface area contributed by atoms with E-state index in [4.69, 9.17) is 15.2 Å². The van der Waals surface area contributed by atoms with Gasteiger partial charge in [-0.2, -0.15) is 0 Å². The number of guanidine groups is 1. The van der Waals surface area contributed by atoms with E-state index in [0.717, 1.165) is 16.8 Å². The highest BCUT2D eigenvalue weighted by Crippen LogP contribution is 2.26. The molecule has 0 aliphatic carbocycles. The molecule has 0 radical (unpaired) electrons. The standard InChI is InChI=1S/C19H25N3O3.HI/c1-12-5-13(2)7-15(6-12)22-19(20)21-11-18(23)14-8-16(24-3)10-17(9-14)25-4;/h5-10,18,23H,11H2,1-4H3,(H3,20,21,22);1H. The normalized spacial score (nSPS) is 12.1. The number of aliphatic hydroxyl groups excluding tert-OH is 1. The Morgan fingerprint density at radius 1 is 1.04 bits per heavy atom. The monoisotopic (exact) mass is 471 g/mol. The maximum atomic E-state index is 10.4. The third-order valence-corrected chi connectivity index (χ3v) is 3.69. The second kappa shape index (κ2) is 10.2. The average molecular weight is 471 g/mol. The number of nitrogens with one attached hydrogen (secondary N) is 1. The number of methoxy groups -OCH3 is 2. The number of benzene rings is 2. The van der Waals surface area contributed by atoms with Crippen LogP contribution in [0.4, 0.5) is 5.69 Å². The van der Waals surface area contributed by atoms with Gasteiger partial charge in [-0.25, -0.2) is 0 Å². The van der Waals surface area contributed by atoms with Gasteiger partial charge in [0.15, 0.2) is 5.96 Å². The number of aryl methyl sites for hydroxylation is 2. The van der Waals surface area contributed by atoms with E-state index in [0.29, 0.717) is 17.1 Å². The Morgan fingerprint density at radius 2 is 1.58 bits per heavy atom. The molecule has 0 aromatic heterocycles. The SMILES string of the molecule is COc1cc(OC)cc(C(O)CN=C(N)Nc2cc(C)cc(C)c2)c1.I. The third-order valence-electron chi connectivity index (χ3n) is 3.69. The number of nitrogens with two attached hydrogens (primary N) is 1. The number of aliphatic imine (C=N–C) groups is 1. The van der Waals surface area contributed by atoms with Gasteiger partial charge in [-0.3, -0.25) is 4.99 Å². The topological polar surface area (TPSA) is 89.1 Å². The summed E-state index contributed by atoms with van der Waals surface area (Å²) in [4.78, 5) is 4.22. The Balaban J connectivity index is 0.00000338. The smallest absolute Gasteiger partial charge is 0.193 e. The largest absolute Gasteiger partial charge is 0.497 e. The van der Waals surface area contributed by atoms with E-state index in [1.165, 1.54) is 0 Å². The minimum Gasteiger partial charge on any atom is -0.497 e. The maximum absolute atomic E-state index is 10.4. The van der Waals surface area contributed by atoms with E-state index < -0.39 is 6.10 Å². The molecule has 0 amide bonds. The van der Waals surface area contributed by atoms with Gasteiger partial charge in [-0.1, -0.05) is 6.07 Å². The molecule has 26 heavy (non-hydrogen) atoms. The van der Waals surface area contributed by atoms with Crippen molar-refractivity contribution in [2.45, 2.75) is 20.0 Å². The summed E-state index contributed by atoms with van der Waals surface area (Å²) >= 11 is 0. The van der Waals surface area contributed by atoms with Crippen LogP contribution in [-0.2, 0) is 0 Å². The van der Waals surface area contributed by atoms with Crippen molar-refractivity contribution in [2.24, 2.45) is 10.7 Å². The molecule has 0 spiro atoms. The highest BCUT2D eigenvalue weighted by molar-refractivity contribution is 14.0. The van der Waals surface area contributed by atoms with Gasteiger partial charge in [0.25, 0.3) is 0 Å². The number of hydrogen-bond donors (Lipinski definition) is 3. The van der Waals surface area contributed by atoms with E-state index >= 15 is 0 Å². The van der Waals surface area contributed by atoms with Crippen molar-refractivity contribution in [2.75, 3.05) is 26.1 Å². The first-order chi connectivity index (χ1) is 11.9. The molecule has 0 bridgehead atoms. The summed E-state index contributed by atoms with van der Waals surface area (Å²) in [5, 5.41) is 13.4. The maximum Gasteiger partial charge on any atom is 0.193 e. The summed E-state index contributed by atoms with van der Waals surface area (Å²) in [7, 11) is 3.13. The number of ether oxygens (including phenoxy) is 2. The van der Waals surface area contributed by atoms with Crippen LogP contribution >= 0.6 is 24.0 Å². The summed E-state index contributed by atoms with van der Waals surface area (Å²) in [5.74, 6) is 1.47. The molecule has 2 aromatic rings. The lowest BCUT2D eigenvalue weighted by atomic mass is 10.1. The highest BCUT2D eigenvalue weighted by Gasteiger charge is 2.11. The van der Waals surface area contributed by atoms with Gasteiger partial charge in [0.2, 0.25) is 0 Å². The molecule has 2 rings (SSSR count). The molecule has 0 aliphatic rings. The van der Waals surface area contributed by atoms with Crippen LogP contribution in [0.1, 0.15) is 22.8 Å². The first-order valence-electron chi connectivity index (χ1n) is 7.97. The molecule has 0 saturated heterocycles. The van der Waals surface area contributed by atoms with E-state index in [-0.39, 0.29) is 36.5 Å². The molecular weight excluding hydrogens is 445 g/mol. The Bertz CT molecular complexity index is 723. The van der Waals surface area contributed by atoms with Crippen molar-refractivity contribution in [1.82, 2.24) is 0 Å². The van der Waals surface area contributed by atoms with Crippen LogP contribution in [-0.4, -0.2) is 31.8 Å². The fraction of sp³-hybridized carbons (Fsp3) is 0.316. The lowest BCUT2D eigenvalue weighted by molar-refractivity contribution is 0.186. The van der Waals surface area contributed by atoms with Crippen molar-refractivity contribution in [3.05, 3.63) is 53.1 Å². The molecular formula is C19H26IN3O3. The number of nitrogens with zero attached hydrogens (tertiary/aromatic N) is 1. The minimum absolute atomic E-state index is 0. The lowest BCUT2D eigenvalue weighted by Gasteiger charge is -2.13. The van der Waals surface area contributed by atoms with Crippen molar-refractivity contribution in [3.8, 4) is 11.5 Å². The number of anilines is 1. The zero-order chi connectivity index (χ0) is 18.4. The molecule has 0 fully saturated rings. The molecule has 4 N–H and O–H groups in total. The molecule has 0 saturated carbocycles. The Labute approximate surface area is 171 Å². The second-order valence-corrected chi connectivity index (χ2v) is 5.89. The quantitative estimate of drug-likeness (QED) is 0.342. The van der Waals surface area contributed by atoms with Crippen LogP contribution in [0.5, 0.6) is 11.5 Å². The summed E-state index contributed by atoms with van der Waals surface area (Å²) in [6.07, 6.45) is -0.816. The molecule has 6 nitrogen and oxygen atoms in total. The van der Waals surface area contributed by atoms with E-state index in [9.17, 15) is 5.11 Å². The van der Waals surface area contributed by atoms with Crippen molar-refractivity contribution >= 4 is 35.6 Å². The fourth-order valence-electron chi connectivity index (χ4n) is 2.55. The van der Waals surface area contributed by atoms with Crippen LogP contribution < -0.4 is 20.5 Å². The predicted octanol–water partition coefficient (Wildman–Crippen LogP) is 3.40. The number of rotatable bonds is 6. The van der Waals surface area contributed by atoms with Crippen molar-refractivity contribution in [3.63, 3.8) is 0 Å². The summed E-state index contributed by atoms with van der Waals surface area (Å²) in [6, 6.07) is 11.3. The van der Waals surface area contributed by atoms with Crippen molar-refractivity contribution in [1.29, 1.82) is 0 Å². The molecule has 1 unspecified atom stereocenters. The zero-order valence-corrected chi connectivity index (χ0v) is 17.8. The molecule has 2 aromatic carbocycles. The van der Waals surface area contributed by atoms with Gasteiger partial charge in [-0.15, -0.1) is 24.0 Å². The first kappa shape index (κ1) is 22.0. The number of hydrogen-bond acceptors (Lipinski definition) is 4. The fourth-order valence-corrected chi connectivity index (χ4v) is 2.55. The molecule has 1 atom stereocenters. The first-order valence-corrected chi connectivity index (χ1v) is 7.97. The van der Waals surface area contributed by atoms with Gasteiger partial charge in [0.1, 0.15) is 11.5 Å². The lowest BCUT2D eigenvalue weighted by Crippen LogP contribution is -2.23. The van der Waals surface area contributed by atoms with E-state index in [1.54, 1.807) is 32.4 Å².